The van der Waals surface area contributed by atoms with E-state index in [1.807, 2.05) is 6.07 Å². The van der Waals surface area contributed by atoms with Crippen LogP contribution in [-0.2, 0) is 27.1 Å². The van der Waals surface area contributed by atoms with E-state index in [1.54, 1.807) is 0 Å². The average Bonchev–Trinajstić information content (AvgIpc) is 1.55. The van der Waals surface area contributed by atoms with E-state index in [0.29, 0.717) is 0 Å². The van der Waals surface area contributed by atoms with Gasteiger partial charge in [0.25, 0.3) is 0 Å². The van der Waals surface area contributed by atoms with Gasteiger partial charge in [-0.15, -0.1) is 0 Å². The summed E-state index contributed by atoms with van der Waals surface area (Å²) in [6, 6.07) is 131. The summed E-state index contributed by atoms with van der Waals surface area (Å²) in [5.74, 6) is 0. The van der Waals surface area contributed by atoms with Crippen molar-refractivity contribution in [3.05, 3.63) is 420 Å². The quantitative estimate of drug-likeness (QED) is 0.116. The van der Waals surface area contributed by atoms with Gasteiger partial charge in [-0.1, -0.05) is 348 Å². The zero-order valence-corrected chi connectivity index (χ0v) is 67.1. The van der Waals surface area contributed by atoms with Crippen molar-refractivity contribution in [1.29, 1.82) is 0 Å². The monoisotopic (exact) mass is 1480 g/mol. The van der Waals surface area contributed by atoms with Crippen molar-refractivity contribution < 1.29 is 0 Å². The van der Waals surface area contributed by atoms with Crippen LogP contribution in [0.3, 0.4) is 0 Å². The summed E-state index contributed by atoms with van der Waals surface area (Å²) < 4.78 is 0. The molecule has 0 bridgehead atoms. The fourth-order valence-electron chi connectivity index (χ4n) is 19.4. The molecule has 0 spiro atoms. The first-order valence-corrected chi connectivity index (χ1v) is 40.6. The van der Waals surface area contributed by atoms with Crippen LogP contribution in [0.25, 0.3) is 99.1 Å². The SMILES string of the molecule is CC1(C)c2ccccc2-c2ccc(Nc3cc4c(c5ccccc35)-c3ccccc3C4(C)C)cc21.CC1(C)c2ccccc2-c2ccc(Nc3ccc(-c4ccccc4)cc3)cc21.CC1(C)c2ccccc2-c2ccc(Nc3ccc4ccccc4c3)cc21.CC1(C)c2ccccc2-c2ccc(Nc3cccc4ccccc34)cc21. The highest BCUT2D eigenvalue weighted by molar-refractivity contribution is 6.09. The van der Waals surface area contributed by atoms with Gasteiger partial charge < -0.3 is 21.3 Å². The van der Waals surface area contributed by atoms with Crippen molar-refractivity contribution in [3.63, 3.8) is 0 Å². The predicted molar refractivity (Wildman–Crippen MR) is 490 cm³/mol. The van der Waals surface area contributed by atoms with E-state index < -0.39 is 0 Å². The van der Waals surface area contributed by atoms with Crippen molar-refractivity contribution in [3.8, 4) is 66.8 Å². The Kier molecular flexibility index (Phi) is 17.6. The fraction of sp³-hybridized carbons (Fsp3) is 0.135. The fourth-order valence-corrected chi connectivity index (χ4v) is 19.4. The van der Waals surface area contributed by atoms with Crippen LogP contribution < -0.4 is 21.3 Å². The van der Waals surface area contributed by atoms with E-state index in [1.165, 1.54) is 160 Å². The molecule has 0 saturated heterocycles. The molecular weight excluding hydrogens is 1390 g/mol. The molecule has 5 aliphatic rings. The van der Waals surface area contributed by atoms with Gasteiger partial charge >= 0.3 is 0 Å². The number of rotatable bonds is 9. The molecule has 0 fully saturated rings. The third-order valence-electron chi connectivity index (χ3n) is 25.6. The van der Waals surface area contributed by atoms with Gasteiger partial charge in [0.05, 0.1) is 0 Å². The van der Waals surface area contributed by atoms with Crippen LogP contribution in [0.5, 0.6) is 0 Å². The summed E-state index contributed by atoms with van der Waals surface area (Å²) in [4.78, 5) is 0. The van der Waals surface area contributed by atoms with Gasteiger partial charge in [0.2, 0.25) is 0 Å². The minimum Gasteiger partial charge on any atom is -0.356 e. The maximum absolute atomic E-state index is 3.84. The summed E-state index contributed by atoms with van der Waals surface area (Å²) in [6.45, 7) is 23.3. The van der Waals surface area contributed by atoms with Gasteiger partial charge in [0, 0.05) is 83.3 Å². The first kappa shape index (κ1) is 72.0. The highest BCUT2D eigenvalue weighted by Gasteiger charge is 2.41. The Hall–Kier alpha value is -13.3. The van der Waals surface area contributed by atoms with E-state index in [4.69, 9.17) is 0 Å². The molecule has 0 aromatic heterocycles. The second-order valence-corrected chi connectivity index (χ2v) is 34.3. The number of fused-ring (bicyclic) bond motifs is 19. The van der Waals surface area contributed by atoms with E-state index in [0.717, 1.165) is 39.8 Å². The minimum atomic E-state index is -0.0338. The molecule has 0 unspecified atom stereocenters. The lowest BCUT2D eigenvalue weighted by atomic mass is 9.81. The molecule has 4 N–H and O–H groups in total. The summed E-state index contributed by atoms with van der Waals surface area (Å²) in [6.07, 6.45) is 0. The van der Waals surface area contributed by atoms with E-state index in [2.05, 4.69) is 448 Å². The second-order valence-electron chi connectivity index (χ2n) is 34.3. The van der Waals surface area contributed by atoms with E-state index in [-0.39, 0.29) is 27.1 Å². The van der Waals surface area contributed by atoms with Crippen LogP contribution in [0.1, 0.15) is 125 Å². The number of hydrogen-bond donors (Lipinski definition) is 4. The molecule has 5 aliphatic carbocycles. The maximum Gasteiger partial charge on any atom is 0.0467 e. The predicted octanol–water partition coefficient (Wildman–Crippen LogP) is 30.4. The molecule has 115 heavy (non-hydrogen) atoms. The molecule has 0 saturated carbocycles. The standard InChI is InChI=1S/C34H29N.C27H23N.2C25H21N/c1-33(2)27-15-9-7-11-22(27)23-18-17-21(19-29(23)33)35-31-20-30-32(25-13-6-5-12-24(25)31)26-14-8-10-16-28(26)34(30,3)4;1-27(2)25-11-7-6-10-23(25)24-17-16-22(18-26(24)27)28-21-14-12-20(13-15-21)19-8-4-3-5-9-19;1-25(2)22-12-6-5-11-20(22)21-15-14-18(16-23(21)25)26-24-13-7-9-17-8-3-4-10-19(17)24;1-25(2)23-10-6-5-9-21(23)22-14-13-20(16-24(22)25)26-19-12-11-17-7-3-4-8-18(17)15-19/h5-20,35H,1-4H3;3-18,28H,1-2H3;2*3-16,26H,1-2H3. The molecular formula is C111H94N4. The van der Waals surface area contributed by atoms with Gasteiger partial charge in [0.15, 0.2) is 0 Å². The second kappa shape index (κ2) is 28.1. The largest absolute Gasteiger partial charge is 0.356 e. The van der Waals surface area contributed by atoms with Crippen molar-refractivity contribution in [2.24, 2.45) is 0 Å². The summed E-state index contributed by atoms with van der Waals surface area (Å²) in [7, 11) is 0. The van der Waals surface area contributed by atoms with Crippen LogP contribution in [0.2, 0.25) is 0 Å². The first-order chi connectivity index (χ1) is 55.8. The Morgan fingerprint density at radius 1 is 0.165 bits per heavy atom. The van der Waals surface area contributed by atoms with Crippen LogP contribution >= 0.6 is 0 Å². The zero-order valence-electron chi connectivity index (χ0n) is 67.1. The van der Waals surface area contributed by atoms with Crippen LogP contribution in [0.15, 0.2) is 364 Å². The summed E-state index contributed by atoms with van der Waals surface area (Å²) >= 11 is 0. The minimum absolute atomic E-state index is 0.00669. The first-order valence-electron chi connectivity index (χ1n) is 40.6. The third-order valence-corrected chi connectivity index (χ3v) is 25.6. The van der Waals surface area contributed by atoms with Crippen LogP contribution in [-0.4, -0.2) is 0 Å². The lowest BCUT2D eigenvalue weighted by Gasteiger charge is -2.24. The van der Waals surface area contributed by atoms with Crippen LogP contribution in [0, 0.1) is 0 Å². The lowest BCUT2D eigenvalue weighted by Crippen LogP contribution is -2.15. The molecule has 0 radical (unpaired) electrons. The number of nitrogens with one attached hydrogen (secondary N) is 4. The molecule has 558 valence electrons. The normalized spacial score (nSPS) is 14.5. The average molecular weight is 1480 g/mol. The smallest absolute Gasteiger partial charge is 0.0467 e. The van der Waals surface area contributed by atoms with Crippen molar-refractivity contribution in [2.75, 3.05) is 21.3 Å². The number of hydrogen-bond acceptors (Lipinski definition) is 4. The van der Waals surface area contributed by atoms with Crippen molar-refractivity contribution >= 4 is 77.8 Å². The Morgan fingerprint density at radius 3 is 0.965 bits per heavy atom. The van der Waals surface area contributed by atoms with Crippen molar-refractivity contribution in [1.82, 2.24) is 0 Å². The Morgan fingerprint density at radius 2 is 0.478 bits per heavy atom. The molecule has 22 rings (SSSR count). The van der Waals surface area contributed by atoms with Crippen LogP contribution in [0.4, 0.5) is 45.5 Å². The molecule has 17 aromatic rings. The summed E-state index contributed by atoms with van der Waals surface area (Å²) in [5, 5.41) is 22.3. The molecule has 17 aromatic carbocycles. The molecule has 4 nitrogen and oxygen atoms in total. The molecule has 0 aliphatic heterocycles. The number of anilines is 8. The Labute approximate surface area is 677 Å². The highest BCUT2D eigenvalue weighted by Crippen LogP contribution is 2.56. The third kappa shape index (κ3) is 12.5. The van der Waals surface area contributed by atoms with E-state index >= 15 is 0 Å². The molecule has 0 heterocycles. The van der Waals surface area contributed by atoms with E-state index in [9.17, 15) is 0 Å². The molecule has 0 atom stereocenters. The van der Waals surface area contributed by atoms with Gasteiger partial charge in [0.1, 0.15) is 0 Å². The lowest BCUT2D eigenvalue weighted by molar-refractivity contribution is 0.660. The molecule has 4 heteroatoms. The Bertz CT molecular complexity index is 6680. The van der Waals surface area contributed by atoms with Gasteiger partial charge in [-0.2, -0.15) is 0 Å². The summed E-state index contributed by atoms with van der Waals surface area (Å²) in [5.41, 5.74) is 39.3. The highest BCUT2D eigenvalue weighted by atomic mass is 14.9. The molecule has 0 amide bonds. The number of benzene rings is 17. The van der Waals surface area contributed by atoms with Gasteiger partial charge in [-0.05, 0) is 229 Å². The Balaban J connectivity index is 0.000000103. The van der Waals surface area contributed by atoms with Crippen molar-refractivity contribution in [2.45, 2.75) is 96.3 Å². The van der Waals surface area contributed by atoms with Gasteiger partial charge in [-0.25, -0.2) is 0 Å². The van der Waals surface area contributed by atoms with Gasteiger partial charge in [-0.3, -0.25) is 0 Å². The maximum atomic E-state index is 3.84. The zero-order chi connectivity index (χ0) is 78.5. The topological polar surface area (TPSA) is 48.1 Å².